The van der Waals surface area contributed by atoms with Crippen LogP contribution in [-0.2, 0) is 68.6 Å². The number of Topliss-reactive ketones (excluding diaryl/α,β-unsaturated/α-hetero) is 2. The number of nitrogens with one attached hydrogen (secondary N) is 4. The largest absolute Gasteiger partial charge is 0.481 e. The molecule has 0 aliphatic carbocycles. The molecule has 1 aromatic rings. The van der Waals surface area contributed by atoms with Gasteiger partial charge in [-0.1, -0.05) is 119 Å². The van der Waals surface area contributed by atoms with Gasteiger partial charge in [-0.05, 0) is 79.4 Å². The first-order valence-electron chi connectivity index (χ1n) is 32.9. The Morgan fingerprint density at radius 1 is 0.750 bits per heavy atom. The highest BCUT2D eigenvalue weighted by molar-refractivity contribution is 8.01. The van der Waals surface area contributed by atoms with Crippen LogP contribution in [0.3, 0.4) is 0 Å². The number of rotatable bonds is 42. The molecule has 2 heterocycles. The molecule has 0 aromatic heterocycles. The Balaban J connectivity index is 1.71. The van der Waals surface area contributed by atoms with Gasteiger partial charge in [-0.3, -0.25) is 57.6 Å². The van der Waals surface area contributed by atoms with Crippen molar-refractivity contribution in [3.8, 4) is 0 Å². The maximum absolute atomic E-state index is 14.9. The third kappa shape index (κ3) is 24.1. The molecule has 25 heteroatoms. The Kier molecular flexibility index (Phi) is 34.1. The van der Waals surface area contributed by atoms with Crippen LogP contribution in [0.15, 0.2) is 30.3 Å². The summed E-state index contributed by atoms with van der Waals surface area (Å²) >= 11 is 1.47. The molecule has 2 fully saturated rings. The van der Waals surface area contributed by atoms with Crippen molar-refractivity contribution in [3.05, 3.63) is 35.9 Å². The second-order valence-corrected chi connectivity index (χ2v) is 28.1. The molecular weight excluding hydrogens is 1200 g/mol. The minimum atomic E-state index is -1.13. The van der Waals surface area contributed by atoms with Gasteiger partial charge < -0.3 is 56.3 Å². The minimum Gasteiger partial charge on any atom is -0.481 e. The third-order valence-electron chi connectivity index (χ3n) is 17.9. The maximum atomic E-state index is 14.9. The van der Waals surface area contributed by atoms with Crippen molar-refractivity contribution in [1.29, 1.82) is 0 Å². The number of carboxylic acids is 1. The number of aliphatic carboxylic acids is 1. The number of carbonyl (C=O) groups is 12. The van der Waals surface area contributed by atoms with E-state index in [9.17, 15) is 62.6 Å². The minimum absolute atomic E-state index is 0.0866. The number of ketones is 2. The molecule has 0 radical (unpaired) electrons. The van der Waals surface area contributed by atoms with Crippen LogP contribution in [0.5, 0.6) is 0 Å². The van der Waals surface area contributed by atoms with Crippen molar-refractivity contribution in [1.82, 2.24) is 40.9 Å². The van der Waals surface area contributed by atoms with Gasteiger partial charge in [0.05, 0.1) is 54.5 Å². The van der Waals surface area contributed by atoms with Gasteiger partial charge in [0.15, 0.2) is 5.78 Å². The van der Waals surface area contributed by atoms with Crippen LogP contribution in [0.1, 0.15) is 165 Å². The number of likely N-dealkylation sites (tertiary alicyclic amines) is 2. The number of carbonyl (C=O) groups excluding carboxylic acids is 11. The Labute approximate surface area is 549 Å². The highest BCUT2D eigenvalue weighted by atomic mass is 32.2. The number of methoxy groups -OCH3 is 2. The van der Waals surface area contributed by atoms with E-state index < -0.39 is 120 Å². The van der Waals surface area contributed by atoms with Gasteiger partial charge in [0.2, 0.25) is 47.3 Å². The Bertz CT molecular complexity index is 2640. The molecule has 0 saturated carbocycles. The van der Waals surface area contributed by atoms with Crippen molar-refractivity contribution in [2.45, 2.75) is 219 Å². The number of benzene rings is 1. The summed E-state index contributed by atoms with van der Waals surface area (Å²) in [5.74, 6) is -9.42. The predicted molar refractivity (Wildman–Crippen MR) is 351 cm³/mol. The number of nitrogens with two attached hydrogens (primary N) is 1. The quantitative estimate of drug-likeness (QED) is 0.0345. The summed E-state index contributed by atoms with van der Waals surface area (Å²) in [4.78, 5) is 168. The van der Waals surface area contributed by atoms with E-state index in [2.05, 4.69) is 21.3 Å². The zero-order valence-corrected chi connectivity index (χ0v) is 58.1. The van der Waals surface area contributed by atoms with Crippen molar-refractivity contribution >= 4 is 82.6 Å². The monoisotopic (exact) mass is 1310 g/mol. The fourth-order valence-electron chi connectivity index (χ4n) is 12.6. The average molecular weight is 1310 g/mol. The lowest BCUT2D eigenvalue weighted by Crippen LogP contribution is -2.60. The van der Waals surface area contributed by atoms with E-state index >= 15 is 0 Å². The van der Waals surface area contributed by atoms with Crippen LogP contribution in [0, 0.1) is 41.4 Å². The average Bonchev–Trinajstić information content (AvgIpc) is 1.37. The second kappa shape index (κ2) is 39.3. The van der Waals surface area contributed by atoms with E-state index in [1.807, 2.05) is 58.0 Å². The molecule has 10 amide bonds. The summed E-state index contributed by atoms with van der Waals surface area (Å²) in [7, 11) is 5.98. The molecular formula is C67H109N9O15S. The van der Waals surface area contributed by atoms with Crippen LogP contribution in [0.2, 0.25) is 0 Å². The van der Waals surface area contributed by atoms with E-state index in [0.717, 1.165) is 5.56 Å². The third-order valence-corrected chi connectivity index (χ3v) is 19.2. The molecule has 0 bridgehead atoms. The van der Waals surface area contributed by atoms with Crippen molar-refractivity contribution in [2.24, 2.45) is 47.2 Å². The Hall–Kier alpha value is -6.47. The first-order chi connectivity index (χ1) is 43.3. The van der Waals surface area contributed by atoms with Crippen LogP contribution in [0.25, 0.3) is 0 Å². The molecule has 518 valence electrons. The lowest BCUT2D eigenvalue weighted by Gasteiger charge is -2.41. The number of primary amides is 1. The second-order valence-electron chi connectivity index (χ2n) is 26.3. The summed E-state index contributed by atoms with van der Waals surface area (Å²) in [6.45, 7) is 20.3. The molecule has 2 aliphatic rings. The number of likely N-dealkylation sites (N-methyl/N-ethyl adjacent to an activating group) is 2. The lowest BCUT2D eigenvalue weighted by molar-refractivity contribution is -0.149. The van der Waals surface area contributed by atoms with E-state index in [4.69, 9.17) is 15.2 Å². The van der Waals surface area contributed by atoms with E-state index in [1.165, 1.54) is 47.7 Å². The fourth-order valence-corrected chi connectivity index (χ4v) is 13.7. The molecule has 1 aromatic carbocycles. The number of ether oxygens (including phenoxy) is 2. The van der Waals surface area contributed by atoms with Gasteiger partial charge in [0.25, 0.3) is 0 Å². The molecule has 2 aliphatic heterocycles. The van der Waals surface area contributed by atoms with Crippen LogP contribution < -0.4 is 27.0 Å². The van der Waals surface area contributed by atoms with Gasteiger partial charge >= 0.3 is 12.0 Å². The van der Waals surface area contributed by atoms with Gasteiger partial charge in [-0.25, -0.2) is 4.79 Å². The van der Waals surface area contributed by atoms with Crippen molar-refractivity contribution < 1.29 is 72.1 Å². The fraction of sp³-hybridized carbons (Fsp3) is 0.731. The van der Waals surface area contributed by atoms with E-state index in [-0.39, 0.29) is 116 Å². The van der Waals surface area contributed by atoms with Crippen molar-refractivity contribution in [3.63, 3.8) is 0 Å². The number of hydrogen-bond acceptors (Lipinski definition) is 15. The molecule has 2 unspecified atom stereocenters. The standard InChI is InChI=1S/C67H109N9O15S/c1-16-43(10)60(51(90-14)36-54(80)75-32-24-28-48(75)61(91-15)44(11)49(77)35-47(66(87)88)33-45-25-19-17-20-26-45)74(13)65(86)58(40(4)5)72-63(84)59(41(6)7)73(12)56(82)38-70-62(83)46(27-23-30-69-67(68)89)34-50(78)57(39(2)3)71-53(79)29-21-18-22-31-76-55(81)37-52(64(76)85)92-42(8)9/h17,19-20,25-26,39-44,46-48,51-52,57-61H,16,18,21-24,27-38H2,1-15H3,(H,70,83)(H,71,79)(H,72,84)(H,87,88)(H3,68,69,89)/t43-,44-,46+,47+,48-,51+,52?,57-,58-,59-,60?,61+/m0/s1. The summed E-state index contributed by atoms with van der Waals surface area (Å²) in [5, 5.41) is 20.8. The van der Waals surface area contributed by atoms with Crippen LogP contribution in [-0.4, -0.2) is 203 Å². The number of carboxylic acid groups (broad SMARTS) is 1. The topological polar surface area (TPSA) is 331 Å². The highest BCUT2D eigenvalue weighted by Gasteiger charge is 2.45. The maximum Gasteiger partial charge on any atom is 0.312 e. The number of urea groups is 1. The van der Waals surface area contributed by atoms with Gasteiger partial charge in [-0.15, -0.1) is 11.8 Å². The lowest BCUT2D eigenvalue weighted by atomic mass is 9.85. The van der Waals surface area contributed by atoms with Gasteiger partial charge in [-0.2, -0.15) is 0 Å². The number of hydrogen-bond donors (Lipinski definition) is 6. The SMILES string of the molecule is CC[C@H](C)C([C@@H](CC(=O)N1CCC[C@H]1[C@H](OC)[C@@H](C)C(=O)C[C@@H](Cc1ccccc1)C(=O)O)OC)N(C)C(=O)[C@@H](NC(=O)[C@H](C(C)C)N(C)C(=O)CNC(=O)[C@H](CCCNC(N)=O)CC(=O)[C@@H](NC(=O)CCCCCN1C(=O)CC(SC(C)C)C1=O)C(C)C)C(C)C. The zero-order valence-electron chi connectivity index (χ0n) is 57.3. The Morgan fingerprint density at radius 3 is 1.96 bits per heavy atom. The normalized spacial score (nSPS) is 18.3. The molecule has 7 N–H and O–H groups in total. The zero-order chi connectivity index (χ0) is 69.3. The summed E-state index contributed by atoms with van der Waals surface area (Å²) in [6.07, 6.45) is 1.89. The number of thioether (sulfide) groups is 1. The molecule has 92 heavy (non-hydrogen) atoms. The molecule has 0 spiro atoms. The van der Waals surface area contributed by atoms with Crippen molar-refractivity contribution in [2.75, 3.05) is 54.5 Å². The van der Waals surface area contributed by atoms with E-state index in [0.29, 0.717) is 45.1 Å². The van der Waals surface area contributed by atoms with Gasteiger partial charge in [0, 0.05) is 85.5 Å². The molecule has 12 atom stereocenters. The van der Waals surface area contributed by atoms with Gasteiger partial charge in [0.1, 0.15) is 17.9 Å². The number of nitrogens with zero attached hydrogens (tertiary/aromatic N) is 4. The Morgan fingerprint density at radius 2 is 1.39 bits per heavy atom. The van der Waals surface area contributed by atoms with E-state index in [1.54, 1.807) is 60.4 Å². The highest BCUT2D eigenvalue weighted by Crippen LogP contribution is 2.32. The van der Waals surface area contributed by atoms with Crippen LogP contribution in [0.4, 0.5) is 4.79 Å². The summed E-state index contributed by atoms with van der Waals surface area (Å²) in [6, 6.07) is 3.98. The number of imide groups is 1. The molecule has 24 nitrogen and oxygen atoms in total. The molecule has 2 saturated heterocycles. The predicted octanol–water partition coefficient (Wildman–Crippen LogP) is 5.54. The number of unbranched alkanes of at least 4 members (excludes halogenated alkanes) is 2. The smallest absolute Gasteiger partial charge is 0.312 e. The summed E-state index contributed by atoms with van der Waals surface area (Å²) in [5.41, 5.74) is 6.07. The molecule has 3 rings (SSSR count). The number of amides is 10. The summed E-state index contributed by atoms with van der Waals surface area (Å²) < 4.78 is 12.0. The first kappa shape index (κ1) is 79.8. The van der Waals surface area contributed by atoms with Crippen LogP contribution >= 0.6 is 11.8 Å². The first-order valence-corrected chi connectivity index (χ1v) is 33.9.